The van der Waals surface area contributed by atoms with E-state index >= 15 is 0 Å². The number of carbonyl (C=O) groups excluding carboxylic acids is 4. The molecular weight excluding hydrogens is 613 g/mol. The van der Waals surface area contributed by atoms with E-state index in [9.17, 15) is 19.2 Å². The Balaban J connectivity index is 1.11. The van der Waals surface area contributed by atoms with Crippen molar-refractivity contribution in [1.82, 2.24) is 0 Å². The molecule has 2 aromatic carbocycles. The molecule has 0 saturated carbocycles. The lowest BCUT2D eigenvalue weighted by molar-refractivity contribution is 0.0975. The van der Waals surface area contributed by atoms with E-state index in [1.165, 1.54) is 30.3 Å². The smallest absolute Gasteiger partial charge is 0.197 e. The fourth-order valence-corrected chi connectivity index (χ4v) is 12.6. The van der Waals surface area contributed by atoms with Gasteiger partial charge in [-0.25, -0.2) is 0 Å². The number of thiophene rings is 4. The van der Waals surface area contributed by atoms with Crippen LogP contribution in [0.4, 0.5) is 0 Å². The Labute approximate surface area is 261 Å². The number of carbonyl (C=O) groups is 4. The van der Waals surface area contributed by atoms with Gasteiger partial charge in [0.1, 0.15) is 0 Å². The fraction of sp³-hybridized carbons (Fsp3) is 0.0857. The van der Waals surface area contributed by atoms with Crippen LogP contribution in [0, 0.1) is 0 Å². The summed E-state index contributed by atoms with van der Waals surface area (Å²) in [6.45, 7) is 4.51. The minimum absolute atomic E-state index is 0.208. The molecule has 0 amide bonds. The average molecular weight is 631 g/mol. The summed E-state index contributed by atoms with van der Waals surface area (Å²) in [5.74, 6) is -0.830. The summed E-state index contributed by atoms with van der Waals surface area (Å²) >= 11 is 6.80. The Morgan fingerprint density at radius 1 is 0.535 bits per heavy atom. The number of rotatable bonds is 2. The van der Waals surface area contributed by atoms with Crippen LogP contribution in [0.3, 0.4) is 0 Å². The van der Waals surface area contributed by atoms with Crippen LogP contribution in [0.1, 0.15) is 76.2 Å². The predicted molar refractivity (Wildman–Crippen MR) is 177 cm³/mol. The summed E-state index contributed by atoms with van der Waals surface area (Å²) in [6.07, 6.45) is 3.51. The van der Waals surface area contributed by atoms with Crippen molar-refractivity contribution < 1.29 is 19.2 Å². The zero-order valence-electron chi connectivity index (χ0n) is 22.7. The molecule has 4 nitrogen and oxygen atoms in total. The fourth-order valence-electron chi connectivity index (χ4n) is 6.63. The quantitative estimate of drug-likeness (QED) is 0.141. The molecule has 0 N–H and O–H groups in total. The molecule has 0 aliphatic heterocycles. The Morgan fingerprint density at radius 3 is 1.23 bits per heavy atom. The molecule has 3 aliphatic rings. The molecule has 6 aromatic rings. The van der Waals surface area contributed by atoms with Gasteiger partial charge in [0.05, 0.1) is 30.3 Å². The van der Waals surface area contributed by atoms with Gasteiger partial charge in [-0.2, -0.15) is 0 Å². The Morgan fingerprint density at radius 2 is 0.884 bits per heavy atom. The second kappa shape index (κ2) is 8.51. The van der Waals surface area contributed by atoms with Gasteiger partial charge in [0.25, 0.3) is 0 Å². The number of hydrogen-bond donors (Lipinski definition) is 0. The van der Waals surface area contributed by atoms with Crippen LogP contribution in [0.5, 0.6) is 0 Å². The summed E-state index contributed by atoms with van der Waals surface area (Å²) < 4.78 is 4.72. The third kappa shape index (κ3) is 3.29. The summed E-state index contributed by atoms with van der Waals surface area (Å²) in [6, 6.07) is 18.2. The van der Waals surface area contributed by atoms with Crippen LogP contribution < -0.4 is 0 Å². The summed E-state index contributed by atoms with van der Waals surface area (Å²) in [5, 5.41) is 0. The largest absolute Gasteiger partial charge is 0.288 e. The maximum Gasteiger partial charge on any atom is 0.197 e. The summed E-state index contributed by atoms with van der Waals surface area (Å²) in [7, 11) is 0. The zero-order chi connectivity index (χ0) is 29.4. The first-order valence-electron chi connectivity index (χ1n) is 13.7. The van der Waals surface area contributed by atoms with Crippen LogP contribution in [0.25, 0.3) is 40.7 Å². The van der Waals surface area contributed by atoms with Gasteiger partial charge >= 0.3 is 0 Å². The maximum absolute atomic E-state index is 13.0. The minimum Gasteiger partial charge on any atom is -0.288 e. The monoisotopic (exact) mass is 630 g/mol. The van der Waals surface area contributed by atoms with Crippen LogP contribution in [0.15, 0.2) is 71.8 Å². The number of benzene rings is 2. The van der Waals surface area contributed by atoms with E-state index in [0.717, 1.165) is 19.2 Å². The topological polar surface area (TPSA) is 68.3 Å². The van der Waals surface area contributed by atoms with Crippen molar-refractivity contribution in [2.24, 2.45) is 0 Å². The third-order valence-corrected chi connectivity index (χ3v) is 13.5. The summed E-state index contributed by atoms with van der Waals surface area (Å²) in [5.41, 5.74) is 4.70. The van der Waals surface area contributed by atoms with Crippen LogP contribution in [0.2, 0.25) is 0 Å². The van der Waals surface area contributed by atoms with Gasteiger partial charge in [-0.1, -0.05) is 62.4 Å². The summed E-state index contributed by atoms with van der Waals surface area (Å²) in [4.78, 5) is 56.3. The van der Waals surface area contributed by atoms with E-state index in [2.05, 4.69) is 26.0 Å². The highest BCUT2D eigenvalue weighted by atomic mass is 32.1. The lowest BCUT2D eigenvalue weighted by Gasteiger charge is -2.19. The second-order valence-electron chi connectivity index (χ2n) is 11.4. The van der Waals surface area contributed by atoms with Crippen molar-refractivity contribution in [3.63, 3.8) is 0 Å². The molecule has 0 radical (unpaired) electrons. The molecule has 0 fully saturated rings. The van der Waals surface area contributed by atoms with Gasteiger partial charge < -0.3 is 0 Å². The Hall–Kier alpha value is -4.08. The number of fused-ring (bicyclic) bond motifs is 9. The van der Waals surface area contributed by atoms with Crippen molar-refractivity contribution in [2.75, 3.05) is 0 Å². The number of hydrogen-bond acceptors (Lipinski definition) is 8. The van der Waals surface area contributed by atoms with Gasteiger partial charge in [0.15, 0.2) is 23.1 Å². The van der Waals surface area contributed by atoms with Crippen LogP contribution >= 0.6 is 45.3 Å². The van der Waals surface area contributed by atoms with E-state index < -0.39 is 0 Å². The van der Waals surface area contributed by atoms with Crippen LogP contribution in [-0.2, 0) is 5.41 Å². The first kappa shape index (κ1) is 25.4. The standard InChI is InChI=1S/C35H18O4S4/c1-35(2)25-31-23(13-15(40-31)11-21-27(36)17-7-3-4-8-18(17)28(21)37)42-33(25)34-26(35)32-24(43-34)14-16(41-32)12-22-29(38)19-9-5-6-10-20(19)30(22)39/h3-14H,1-2H3. The van der Waals surface area contributed by atoms with Crippen molar-refractivity contribution >= 4 is 99.4 Å². The molecule has 4 heterocycles. The van der Waals surface area contributed by atoms with Gasteiger partial charge in [0.2, 0.25) is 0 Å². The lowest BCUT2D eigenvalue weighted by atomic mass is 9.84. The van der Waals surface area contributed by atoms with Crippen molar-refractivity contribution in [1.29, 1.82) is 0 Å². The highest BCUT2D eigenvalue weighted by molar-refractivity contribution is 7.35. The first-order valence-corrected chi connectivity index (χ1v) is 16.9. The Kier molecular flexibility index (Phi) is 5.03. The predicted octanol–water partition coefficient (Wildman–Crippen LogP) is 9.47. The first-order chi connectivity index (χ1) is 20.7. The third-order valence-electron chi connectivity index (χ3n) is 8.61. The van der Waals surface area contributed by atoms with Crippen molar-refractivity contribution in [3.05, 3.63) is 115 Å². The molecule has 9 rings (SSSR count). The second-order valence-corrected chi connectivity index (χ2v) is 15.7. The molecule has 0 saturated heterocycles. The number of Topliss-reactive ketones (excluding diaryl/α,β-unsaturated/α-hetero) is 4. The number of ketones is 4. The van der Waals surface area contributed by atoms with Gasteiger partial charge in [-0.3, -0.25) is 19.2 Å². The molecule has 0 spiro atoms. The van der Waals surface area contributed by atoms with E-state index in [-0.39, 0.29) is 39.7 Å². The van der Waals surface area contributed by atoms with E-state index in [0.29, 0.717) is 22.3 Å². The minimum atomic E-state index is -0.254. The molecule has 43 heavy (non-hydrogen) atoms. The number of allylic oxidation sites excluding steroid dienone is 2. The molecule has 4 aromatic heterocycles. The van der Waals surface area contributed by atoms with E-state index in [4.69, 9.17) is 0 Å². The van der Waals surface area contributed by atoms with Gasteiger partial charge in [-0.05, 0) is 35.4 Å². The normalized spacial score (nSPS) is 16.4. The zero-order valence-corrected chi connectivity index (χ0v) is 26.0. The lowest BCUT2D eigenvalue weighted by Crippen LogP contribution is -2.14. The van der Waals surface area contributed by atoms with Crippen molar-refractivity contribution in [2.45, 2.75) is 19.3 Å². The average Bonchev–Trinajstić information content (AvgIpc) is 3.82. The SMILES string of the molecule is CC1(C)c2c(sc3cc(C=C4C(=O)c5ccccc5C4=O)sc23)-c2sc3cc(C=C4C(=O)c5ccccc5C4=O)sc3c21. The van der Waals surface area contributed by atoms with Gasteiger partial charge in [0, 0.05) is 46.8 Å². The molecule has 0 bridgehead atoms. The van der Waals surface area contributed by atoms with E-state index in [1.807, 2.05) is 0 Å². The maximum atomic E-state index is 13.0. The highest BCUT2D eigenvalue weighted by Gasteiger charge is 2.43. The van der Waals surface area contributed by atoms with Gasteiger partial charge in [-0.15, -0.1) is 45.3 Å². The molecule has 3 aliphatic carbocycles. The molecule has 0 atom stereocenters. The molecular formula is C35H18O4S4. The molecule has 8 heteroatoms. The Bertz CT molecular complexity index is 2160. The van der Waals surface area contributed by atoms with E-state index in [1.54, 1.807) is 106 Å². The molecule has 206 valence electrons. The van der Waals surface area contributed by atoms with Crippen LogP contribution in [-0.4, -0.2) is 23.1 Å². The van der Waals surface area contributed by atoms with Crippen molar-refractivity contribution in [3.8, 4) is 9.75 Å². The highest BCUT2D eigenvalue weighted by Crippen LogP contribution is 2.62. The molecule has 0 unspecified atom stereocenters.